The van der Waals surface area contributed by atoms with Gasteiger partial charge in [-0.2, -0.15) is 5.20 Å². The zero-order chi connectivity index (χ0) is 18.4. The first-order valence-electron chi connectivity index (χ1n) is 10.1. The second-order valence-electron chi connectivity index (χ2n) is 7.78. The summed E-state index contributed by atoms with van der Waals surface area (Å²) in [6.07, 6.45) is 11.3. The van der Waals surface area contributed by atoms with E-state index in [0.717, 1.165) is 6.42 Å². The quantitative estimate of drug-likeness (QED) is 0.194. The predicted molar refractivity (Wildman–Crippen MR) is 117 cm³/mol. The van der Waals surface area contributed by atoms with Crippen LogP contribution < -0.4 is 42.4 Å². The molecule has 0 N–H and O–H groups in total. The van der Waals surface area contributed by atoms with Crippen LogP contribution in [0.5, 0.6) is 0 Å². The van der Waals surface area contributed by atoms with E-state index in [1.165, 1.54) is 54.4 Å². The summed E-state index contributed by atoms with van der Waals surface area (Å²) in [6, 6.07) is 18.0. The van der Waals surface area contributed by atoms with Crippen LogP contribution >= 0.6 is 0 Å². The van der Waals surface area contributed by atoms with Gasteiger partial charge < -0.3 is 37.2 Å². The molecule has 0 aliphatic heterocycles. The van der Waals surface area contributed by atoms with Crippen molar-refractivity contribution in [3.8, 4) is 0 Å². The van der Waals surface area contributed by atoms with Crippen molar-refractivity contribution in [2.45, 2.75) is 59.3 Å². The van der Waals surface area contributed by atoms with Crippen molar-refractivity contribution in [2.75, 3.05) is 0 Å². The average molecular weight is 514 g/mol. The van der Waals surface area contributed by atoms with Crippen LogP contribution in [0.15, 0.2) is 64.9 Å². The predicted octanol–water partition coefficient (Wildman–Crippen LogP) is -3.68. The molecule has 0 amide bonds. The Morgan fingerprint density at radius 2 is 1.53 bits per heavy atom. The Bertz CT molecular complexity index is 796. The Hall–Kier alpha value is -0.279. The molecule has 0 nitrogen and oxygen atoms in total. The zero-order valence-corrected chi connectivity index (χ0v) is 23.4. The van der Waals surface area contributed by atoms with E-state index in [4.69, 9.17) is 0 Å². The molecule has 0 atom stereocenters. The molecule has 0 aromatic heterocycles. The molecule has 2 aromatic rings. The number of aryl methyl sites for hydroxylation is 2. The van der Waals surface area contributed by atoms with Gasteiger partial charge in [-0.25, -0.2) is 11.1 Å². The Morgan fingerprint density at radius 1 is 0.900 bits per heavy atom. The fourth-order valence-corrected chi connectivity index (χ4v) is 6.10. The van der Waals surface area contributed by atoms with Gasteiger partial charge in [0.15, 0.2) is 0 Å². The number of benzene rings is 2. The third-order valence-electron chi connectivity index (χ3n) is 5.19. The summed E-state index contributed by atoms with van der Waals surface area (Å²) in [5, 5.41) is 3.17. The van der Waals surface area contributed by atoms with Gasteiger partial charge in [0.2, 0.25) is 0 Å². The summed E-state index contributed by atoms with van der Waals surface area (Å²) in [6.45, 7) is 6.72. The van der Waals surface area contributed by atoms with E-state index in [2.05, 4.69) is 75.4 Å². The molecule has 30 heavy (non-hydrogen) atoms. The Labute approximate surface area is 219 Å². The van der Waals surface area contributed by atoms with Crippen LogP contribution in [-0.2, 0) is 28.1 Å². The standard InChI is InChI=1S/C25H31Si.3ClH.Ti/c1-4-5-7-12-22-17-25(26-24-14-19(2)13-20(3)15-24)18-23(22)16-21-10-8-6-9-11-21;;;;/h6,8-11,13-15H,4-5,7,12,16-17,26H2,1-3H3;3*1H;/q-1;;;;+4/p-3. The molecule has 1 aliphatic carbocycles. The monoisotopic (exact) mass is 512 g/mol. The normalized spacial score (nSPS) is 12.6. The fourth-order valence-electron chi connectivity index (χ4n) is 4.03. The van der Waals surface area contributed by atoms with Crippen LogP contribution in [0.4, 0.5) is 0 Å². The van der Waals surface area contributed by atoms with Crippen molar-refractivity contribution < 1.29 is 58.9 Å². The molecule has 5 heteroatoms. The van der Waals surface area contributed by atoms with E-state index in [0.29, 0.717) is 0 Å². The van der Waals surface area contributed by atoms with E-state index in [-0.39, 0.29) is 58.9 Å². The van der Waals surface area contributed by atoms with E-state index >= 15 is 0 Å². The number of allylic oxidation sites excluding steroid dienone is 4. The van der Waals surface area contributed by atoms with Crippen molar-refractivity contribution in [3.05, 3.63) is 87.6 Å². The van der Waals surface area contributed by atoms with E-state index in [1.807, 2.05) is 0 Å². The van der Waals surface area contributed by atoms with Crippen molar-refractivity contribution >= 4 is 14.7 Å². The third kappa shape index (κ3) is 9.90. The molecule has 0 heterocycles. The van der Waals surface area contributed by atoms with Gasteiger partial charge in [-0.1, -0.05) is 104 Å². The van der Waals surface area contributed by atoms with Crippen molar-refractivity contribution in [1.29, 1.82) is 0 Å². The minimum absolute atomic E-state index is 0. The van der Waals surface area contributed by atoms with Crippen LogP contribution in [-0.4, -0.2) is 9.52 Å². The smallest absolute Gasteiger partial charge is 1.00 e. The van der Waals surface area contributed by atoms with Gasteiger partial charge in [-0.15, -0.1) is 0 Å². The van der Waals surface area contributed by atoms with Crippen LogP contribution in [0, 0.1) is 19.9 Å². The summed E-state index contributed by atoms with van der Waals surface area (Å²) in [7, 11) is -0.395. The van der Waals surface area contributed by atoms with Gasteiger partial charge in [0.25, 0.3) is 0 Å². The van der Waals surface area contributed by atoms with Gasteiger partial charge in [-0.05, 0) is 25.8 Å². The van der Waals surface area contributed by atoms with Gasteiger partial charge in [0.1, 0.15) is 0 Å². The number of hydrogen-bond acceptors (Lipinski definition) is 0. The van der Waals surface area contributed by atoms with Gasteiger partial charge in [-0.3, -0.25) is 6.08 Å². The molecule has 0 bridgehead atoms. The Kier molecular flexibility index (Phi) is 17.4. The molecule has 0 fully saturated rings. The second kappa shape index (κ2) is 16.4. The zero-order valence-electron chi connectivity index (χ0n) is 18.2. The first-order valence-corrected chi connectivity index (χ1v) is 11.5. The number of hydrogen-bond donors (Lipinski definition) is 0. The van der Waals surface area contributed by atoms with Crippen LogP contribution in [0.25, 0.3) is 0 Å². The molecule has 160 valence electrons. The largest absolute Gasteiger partial charge is 4.00 e. The Balaban J connectivity index is 0. The van der Waals surface area contributed by atoms with Gasteiger partial charge in [0.05, 0.1) is 9.52 Å². The average Bonchev–Trinajstić information content (AvgIpc) is 2.96. The van der Waals surface area contributed by atoms with Gasteiger partial charge >= 0.3 is 21.7 Å². The molecule has 1 aliphatic rings. The number of rotatable bonds is 8. The minimum Gasteiger partial charge on any atom is -1.00 e. The van der Waals surface area contributed by atoms with E-state index < -0.39 is 9.52 Å². The van der Waals surface area contributed by atoms with Crippen LogP contribution in [0.1, 0.15) is 55.7 Å². The molecule has 2 aromatic carbocycles. The molecule has 0 unspecified atom stereocenters. The molecule has 0 saturated heterocycles. The van der Waals surface area contributed by atoms with Crippen LogP contribution in [0.3, 0.4) is 0 Å². The summed E-state index contributed by atoms with van der Waals surface area (Å²) >= 11 is 0. The third-order valence-corrected chi connectivity index (χ3v) is 6.86. The fraction of sp³-hybridized carbons (Fsp3) is 0.360. The molecule has 0 radical (unpaired) electrons. The van der Waals surface area contributed by atoms with Crippen LogP contribution in [0.2, 0.25) is 0 Å². The summed E-state index contributed by atoms with van der Waals surface area (Å²) in [5.41, 5.74) is 7.35. The summed E-state index contributed by atoms with van der Waals surface area (Å²) < 4.78 is 0. The molecule has 3 rings (SSSR count). The maximum Gasteiger partial charge on any atom is 4.00 e. The summed E-state index contributed by atoms with van der Waals surface area (Å²) in [4.78, 5) is 0. The van der Waals surface area contributed by atoms with Gasteiger partial charge in [0, 0.05) is 0 Å². The van der Waals surface area contributed by atoms with Crippen molar-refractivity contribution in [3.63, 3.8) is 0 Å². The molecule has 0 spiro atoms. The topological polar surface area (TPSA) is 0 Å². The first kappa shape index (κ1) is 31.9. The number of halogens is 3. The van der Waals surface area contributed by atoms with E-state index in [9.17, 15) is 0 Å². The first-order chi connectivity index (χ1) is 12.6. The van der Waals surface area contributed by atoms with E-state index in [1.54, 1.807) is 16.0 Å². The number of unbranched alkanes of at least 4 members (excludes halogenated alkanes) is 2. The molecular weight excluding hydrogens is 483 g/mol. The van der Waals surface area contributed by atoms with Crippen molar-refractivity contribution in [2.24, 2.45) is 0 Å². The maximum absolute atomic E-state index is 3.86. The SMILES string of the molecule is CCCCCC1=C(Cc2ccccc2)[C-]=C([SiH2]c2cc(C)cc(C)c2)C1.[Cl-].[Cl-].[Cl-].[Ti+4]. The minimum atomic E-state index is -0.395. The van der Waals surface area contributed by atoms with Crippen molar-refractivity contribution in [1.82, 2.24) is 0 Å². The summed E-state index contributed by atoms with van der Waals surface area (Å²) in [5.74, 6) is 0. The Morgan fingerprint density at radius 3 is 2.13 bits per heavy atom. The molecular formula is C25H31Cl3SiTi. The molecule has 0 saturated carbocycles. The second-order valence-corrected chi connectivity index (χ2v) is 9.80. The maximum atomic E-state index is 3.86.